The monoisotopic (exact) mass is 479 g/mol. The van der Waals surface area contributed by atoms with Crippen molar-refractivity contribution in [3.63, 3.8) is 0 Å². The minimum Gasteiger partial charge on any atom is -0.448 e. The van der Waals surface area contributed by atoms with E-state index in [0.29, 0.717) is 23.0 Å². The van der Waals surface area contributed by atoms with Crippen molar-refractivity contribution >= 4 is 35.4 Å². The number of esters is 1. The Morgan fingerprint density at radius 1 is 1.15 bits per heavy atom. The quantitative estimate of drug-likeness (QED) is 0.312. The highest BCUT2D eigenvalue weighted by Crippen LogP contribution is 2.44. The van der Waals surface area contributed by atoms with Gasteiger partial charge in [0, 0.05) is 11.0 Å². The highest BCUT2D eigenvalue weighted by Gasteiger charge is 2.47. The van der Waals surface area contributed by atoms with Crippen molar-refractivity contribution < 1.29 is 14.3 Å². The average molecular weight is 480 g/mol. The van der Waals surface area contributed by atoms with Crippen molar-refractivity contribution in [2.45, 2.75) is 35.2 Å². The first kappa shape index (κ1) is 21.7. The van der Waals surface area contributed by atoms with Gasteiger partial charge in [-0.1, -0.05) is 72.4 Å². The molecule has 33 heavy (non-hydrogen) atoms. The molecule has 0 radical (unpaired) electrons. The van der Waals surface area contributed by atoms with Crippen LogP contribution in [0.1, 0.15) is 30.6 Å². The maximum atomic E-state index is 13.7. The highest BCUT2D eigenvalue weighted by atomic mass is 32.2. The Bertz CT molecular complexity index is 1130. The normalized spacial score (nSPS) is 18.7. The third kappa shape index (κ3) is 4.40. The van der Waals surface area contributed by atoms with Crippen molar-refractivity contribution in [2.75, 3.05) is 5.75 Å². The SMILES string of the molecule is CC(Sc1nn[nH]n1)C1=C(C(=O)OC(c2ccccc2)c2ccccc2)N2C(=O)C[C@H]2SC1. The van der Waals surface area contributed by atoms with Gasteiger partial charge in [-0.05, 0) is 28.8 Å². The molecule has 0 spiro atoms. The van der Waals surface area contributed by atoms with Gasteiger partial charge in [-0.25, -0.2) is 4.79 Å². The molecule has 2 aliphatic heterocycles. The molecule has 2 aromatic carbocycles. The topological polar surface area (TPSA) is 101 Å². The second kappa shape index (κ2) is 9.40. The number of nitrogens with one attached hydrogen (secondary N) is 1. The van der Waals surface area contributed by atoms with Crippen LogP contribution < -0.4 is 0 Å². The molecular weight excluding hydrogens is 458 g/mol. The molecule has 1 unspecified atom stereocenters. The molecule has 0 bridgehead atoms. The number of ether oxygens (including phenoxy) is 1. The van der Waals surface area contributed by atoms with Gasteiger partial charge in [0.2, 0.25) is 11.1 Å². The van der Waals surface area contributed by atoms with Crippen molar-refractivity contribution in [1.29, 1.82) is 0 Å². The van der Waals surface area contributed by atoms with Crippen molar-refractivity contribution in [3.8, 4) is 0 Å². The van der Waals surface area contributed by atoms with E-state index in [0.717, 1.165) is 16.7 Å². The molecule has 1 saturated heterocycles. The first-order valence-corrected chi connectivity index (χ1v) is 12.4. The molecule has 0 saturated carbocycles. The summed E-state index contributed by atoms with van der Waals surface area (Å²) in [6.07, 6.45) is -0.153. The molecule has 3 heterocycles. The van der Waals surface area contributed by atoms with E-state index in [-0.39, 0.29) is 16.5 Å². The van der Waals surface area contributed by atoms with Crippen LogP contribution in [0.5, 0.6) is 0 Å². The van der Waals surface area contributed by atoms with Gasteiger partial charge < -0.3 is 4.74 Å². The number of rotatable bonds is 7. The number of hydrogen-bond acceptors (Lipinski definition) is 8. The maximum absolute atomic E-state index is 13.7. The Balaban J connectivity index is 1.49. The second-order valence-corrected chi connectivity index (χ2v) is 10.1. The Labute approximate surface area is 199 Å². The zero-order valence-corrected chi connectivity index (χ0v) is 19.4. The third-order valence-corrected chi connectivity index (χ3v) is 7.87. The molecule has 5 rings (SSSR count). The number of aromatic amines is 1. The number of hydrogen-bond donors (Lipinski definition) is 1. The molecular formula is C23H21N5O3S2. The van der Waals surface area contributed by atoms with Crippen LogP contribution in [0.4, 0.5) is 0 Å². The van der Waals surface area contributed by atoms with Gasteiger partial charge in [-0.15, -0.1) is 22.0 Å². The molecule has 0 aliphatic carbocycles. The number of H-pyrrole nitrogens is 1. The van der Waals surface area contributed by atoms with Crippen LogP contribution in [0, 0.1) is 0 Å². The van der Waals surface area contributed by atoms with Gasteiger partial charge in [0.1, 0.15) is 5.70 Å². The number of thioether (sulfide) groups is 2. The lowest BCUT2D eigenvalue weighted by Gasteiger charge is -2.45. The Hall–Kier alpha value is -3.11. The summed E-state index contributed by atoms with van der Waals surface area (Å²) in [6, 6.07) is 19.2. The predicted octanol–water partition coefficient (Wildman–Crippen LogP) is 3.57. The number of nitrogens with zero attached hydrogens (tertiary/aromatic N) is 4. The molecule has 1 aromatic heterocycles. The Morgan fingerprint density at radius 3 is 2.39 bits per heavy atom. The van der Waals surface area contributed by atoms with E-state index >= 15 is 0 Å². The number of carbonyl (C=O) groups is 2. The van der Waals surface area contributed by atoms with E-state index in [1.54, 1.807) is 16.7 Å². The summed E-state index contributed by atoms with van der Waals surface area (Å²) >= 11 is 3.05. The van der Waals surface area contributed by atoms with E-state index < -0.39 is 12.1 Å². The molecule has 2 atom stereocenters. The largest absolute Gasteiger partial charge is 0.448 e. The fourth-order valence-corrected chi connectivity index (χ4v) is 6.25. The smallest absolute Gasteiger partial charge is 0.356 e. The Kier molecular flexibility index (Phi) is 6.19. The van der Waals surface area contributed by atoms with Crippen molar-refractivity contribution in [2.24, 2.45) is 0 Å². The molecule has 2 aliphatic rings. The highest BCUT2D eigenvalue weighted by molar-refractivity contribution is 8.01. The van der Waals surface area contributed by atoms with Crippen molar-refractivity contribution in [1.82, 2.24) is 25.5 Å². The minimum absolute atomic E-state index is 0.0296. The maximum Gasteiger partial charge on any atom is 0.356 e. The number of benzene rings is 2. The summed E-state index contributed by atoms with van der Waals surface area (Å²) in [7, 11) is 0. The summed E-state index contributed by atoms with van der Waals surface area (Å²) in [5, 5.41) is 14.4. The minimum atomic E-state index is -0.585. The number of aromatic nitrogens is 4. The van der Waals surface area contributed by atoms with Crippen LogP contribution in [0.3, 0.4) is 0 Å². The van der Waals surface area contributed by atoms with Gasteiger partial charge in [0.05, 0.1) is 11.8 Å². The van der Waals surface area contributed by atoms with E-state index in [2.05, 4.69) is 20.6 Å². The fourth-order valence-electron chi connectivity index (χ4n) is 3.92. The van der Waals surface area contributed by atoms with E-state index in [1.165, 1.54) is 11.8 Å². The van der Waals surface area contributed by atoms with E-state index in [9.17, 15) is 9.59 Å². The molecule has 168 valence electrons. The number of amides is 1. The first-order chi connectivity index (χ1) is 16.1. The van der Waals surface area contributed by atoms with Crippen LogP contribution in [0.2, 0.25) is 0 Å². The standard InChI is InChI=1S/C23H21N5O3S2/c1-14(33-23-24-26-27-25-23)17-13-32-19-12-18(29)28(19)20(17)22(30)31-21(15-8-4-2-5-9-15)16-10-6-3-7-11-16/h2-11,14,19,21H,12-13H2,1H3,(H,24,25,26,27)/t14?,19-/m1/s1. The lowest BCUT2D eigenvalue weighted by atomic mass is 10.0. The van der Waals surface area contributed by atoms with Crippen LogP contribution >= 0.6 is 23.5 Å². The summed E-state index contributed by atoms with van der Waals surface area (Å²) in [6.45, 7) is 1.97. The van der Waals surface area contributed by atoms with Crippen LogP contribution in [-0.2, 0) is 14.3 Å². The number of carbonyl (C=O) groups excluding carboxylic acids is 2. The zero-order chi connectivity index (χ0) is 22.8. The molecule has 1 N–H and O–H groups in total. The lowest BCUT2D eigenvalue weighted by Crippen LogP contribution is -2.54. The van der Waals surface area contributed by atoms with Crippen LogP contribution in [0.25, 0.3) is 0 Å². The van der Waals surface area contributed by atoms with Gasteiger partial charge in [0.15, 0.2) is 6.10 Å². The van der Waals surface area contributed by atoms with Crippen LogP contribution in [0.15, 0.2) is 77.1 Å². The molecule has 1 fully saturated rings. The fraction of sp³-hybridized carbons (Fsp3) is 0.261. The predicted molar refractivity (Wildman–Crippen MR) is 125 cm³/mol. The Morgan fingerprint density at radius 2 is 1.82 bits per heavy atom. The number of fused-ring (bicyclic) bond motifs is 1. The lowest BCUT2D eigenvalue weighted by molar-refractivity contribution is -0.151. The van der Waals surface area contributed by atoms with Crippen molar-refractivity contribution in [3.05, 3.63) is 83.1 Å². The summed E-state index contributed by atoms with van der Waals surface area (Å²) in [5.74, 6) is 0.0673. The average Bonchev–Trinajstić information content (AvgIpc) is 3.35. The van der Waals surface area contributed by atoms with Gasteiger partial charge in [-0.2, -0.15) is 5.21 Å². The third-order valence-electron chi connectivity index (χ3n) is 5.60. The molecule has 10 heteroatoms. The summed E-state index contributed by atoms with van der Waals surface area (Å²) in [5.41, 5.74) is 2.91. The van der Waals surface area contributed by atoms with E-state index in [4.69, 9.17) is 4.74 Å². The van der Waals surface area contributed by atoms with Crippen LogP contribution in [-0.4, -0.2) is 53.8 Å². The van der Waals surface area contributed by atoms with Gasteiger partial charge >= 0.3 is 5.97 Å². The summed E-state index contributed by atoms with van der Waals surface area (Å²) in [4.78, 5) is 27.8. The summed E-state index contributed by atoms with van der Waals surface area (Å²) < 4.78 is 6.12. The van der Waals surface area contributed by atoms with E-state index in [1.807, 2.05) is 67.6 Å². The molecule has 1 amide bonds. The first-order valence-electron chi connectivity index (χ1n) is 10.5. The number of tetrazole rings is 1. The number of β-lactam (4-membered cyclic amide) rings is 1. The molecule has 3 aromatic rings. The second-order valence-electron chi connectivity index (χ2n) is 7.67. The zero-order valence-electron chi connectivity index (χ0n) is 17.7. The van der Waals surface area contributed by atoms with Gasteiger partial charge in [-0.3, -0.25) is 9.69 Å². The van der Waals surface area contributed by atoms with Gasteiger partial charge in [0.25, 0.3) is 0 Å². The molecule has 8 nitrogen and oxygen atoms in total.